The molecule has 5 nitrogen and oxygen atoms in total. The molecule has 5 heteroatoms. The number of hydrogen-bond donors (Lipinski definition) is 1. The topological polar surface area (TPSA) is 56.1 Å². The second kappa shape index (κ2) is 7.00. The van der Waals surface area contributed by atoms with E-state index in [4.69, 9.17) is 4.74 Å². The van der Waals surface area contributed by atoms with Gasteiger partial charge in [-0.25, -0.2) is 4.98 Å². The molecular weight excluding hydrogens is 302 g/mol. The van der Waals surface area contributed by atoms with Gasteiger partial charge in [0.1, 0.15) is 5.75 Å². The van der Waals surface area contributed by atoms with Crippen LogP contribution < -0.4 is 10.1 Å². The van der Waals surface area contributed by atoms with Gasteiger partial charge in [0.15, 0.2) is 6.61 Å². The third-order valence-corrected chi connectivity index (χ3v) is 3.71. The number of aromatic nitrogens is 2. The van der Waals surface area contributed by atoms with E-state index in [1.54, 1.807) is 12.5 Å². The minimum absolute atomic E-state index is 0.0189. The quantitative estimate of drug-likeness (QED) is 0.782. The van der Waals surface area contributed by atoms with Gasteiger partial charge >= 0.3 is 0 Å². The van der Waals surface area contributed by atoms with Crippen LogP contribution in [-0.2, 0) is 4.79 Å². The highest BCUT2D eigenvalue weighted by Crippen LogP contribution is 2.22. The van der Waals surface area contributed by atoms with Crippen molar-refractivity contribution in [2.45, 2.75) is 13.8 Å². The Morgan fingerprint density at radius 3 is 2.46 bits per heavy atom. The molecule has 0 radical (unpaired) electrons. The summed E-state index contributed by atoms with van der Waals surface area (Å²) in [5, 5.41) is 2.83. The standard InChI is InChI=1S/C19H19N3O2/c1-14-4-3-5-15(2)19(14)24-12-18(23)21-16-6-8-17(9-7-16)22-11-10-20-13-22/h3-11,13H,12H2,1-2H3,(H,21,23). The van der Waals surface area contributed by atoms with Crippen molar-refractivity contribution in [1.29, 1.82) is 0 Å². The smallest absolute Gasteiger partial charge is 0.262 e. The van der Waals surface area contributed by atoms with Crippen molar-refractivity contribution in [2.75, 3.05) is 11.9 Å². The van der Waals surface area contributed by atoms with Crippen molar-refractivity contribution in [1.82, 2.24) is 9.55 Å². The molecule has 1 N–H and O–H groups in total. The van der Waals surface area contributed by atoms with Gasteiger partial charge in [0.05, 0.1) is 6.33 Å². The van der Waals surface area contributed by atoms with Crippen LogP contribution in [0.15, 0.2) is 61.2 Å². The van der Waals surface area contributed by atoms with E-state index in [9.17, 15) is 4.79 Å². The van der Waals surface area contributed by atoms with Gasteiger partial charge in [0, 0.05) is 23.8 Å². The van der Waals surface area contributed by atoms with E-state index in [0.29, 0.717) is 0 Å². The highest BCUT2D eigenvalue weighted by Gasteiger charge is 2.07. The number of rotatable bonds is 5. The first-order valence-corrected chi connectivity index (χ1v) is 7.71. The van der Waals surface area contributed by atoms with Gasteiger partial charge in [-0.05, 0) is 49.2 Å². The fourth-order valence-corrected chi connectivity index (χ4v) is 2.49. The molecule has 0 fully saturated rings. The minimum atomic E-state index is -0.187. The lowest BCUT2D eigenvalue weighted by Crippen LogP contribution is -2.20. The molecule has 0 aliphatic carbocycles. The van der Waals surface area contributed by atoms with Crippen molar-refractivity contribution in [3.05, 3.63) is 72.3 Å². The summed E-state index contributed by atoms with van der Waals surface area (Å²) in [6, 6.07) is 13.5. The van der Waals surface area contributed by atoms with Gasteiger partial charge in [-0.1, -0.05) is 18.2 Å². The lowest BCUT2D eigenvalue weighted by atomic mass is 10.1. The molecule has 1 aromatic heterocycles. The second-order valence-electron chi connectivity index (χ2n) is 5.57. The fourth-order valence-electron chi connectivity index (χ4n) is 2.49. The molecule has 0 atom stereocenters. The first kappa shape index (κ1) is 15.8. The summed E-state index contributed by atoms with van der Waals surface area (Å²) >= 11 is 0. The maximum absolute atomic E-state index is 12.1. The van der Waals surface area contributed by atoms with Crippen LogP contribution in [0.5, 0.6) is 5.75 Å². The Hall–Kier alpha value is -3.08. The SMILES string of the molecule is Cc1cccc(C)c1OCC(=O)Nc1ccc(-n2ccnc2)cc1. The molecule has 0 spiro atoms. The van der Waals surface area contributed by atoms with E-state index in [2.05, 4.69) is 10.3 Å². The highest BCUT2D eigenvalue weighted by molar-refractivity contribution is 5.92. The lowest BCUT2D eigenvalue weighted by molar-refractivity contribution is -0.118. The van der Waals surface area contributed by atoms with Crippen LogP contribution in [0.4, 0.5) is 5.69 Å². The molecule has 0 aliphatic heterocycles. The Morgan fingerprint density at radius 2 is 1.83 bits per heavy atom. The Morgan fingerprint density at radius 1 is 1.12 bits per heavy atom. The Balaban J connectivity index is 1.59. The summed E-state index contributed by atoms with van der Waals surface area (Å²) < 4.78 is 7.56. The summed E-state index contributed by atoms with van der Waals surface area (Å²) in [4.78, 5) is 16.1. The van der Waals surface area contributed by atoms with E-state index in [1.165, 1.54) is 0 Å². The third kappa shape index (κ3) is 3.63. The molecular formula is C19H19N3O2. The zero-order valence-corrected chi connectivity index (χ0v) is 13.7. The van der Waals surface area contributed by atoms with Crippen molar-refractivity contribution >= 4 is 11.6 Å². The number of amides is 1. The van der Waals surface area contributed by atoms with E-state index >= 15 is 0 Å². The average molecular weight is 321 g/mol. The van der Waals surface area contributed by atoms with Crippen LogP contribution in [0, 0.1) is 13.8 Å². The molecule has 0 bridgehead atoms. The van der Waals surface area contributed by atoms with Crippen molar-refractivity contribution in [3.63, 3.8) is 0 Å². The number of anilines is 1. The summed E-state index contributed by atoms with van der Waals surface area (Å²) in [5.41, 5.74) is 3.76. The second-order valence-corrected chi connectivity index (χ2v) is 5.57. The zero-order chi connectivity index (χ0) is 16.9. The van der Waals surface area contributed by atoms with Crippen LogP contribution in [-0.4, -0.2) is 22.1 Å². The molecule has 24 heavy (non-hydrogen) atoms. The molecule has 0 aliphatic rings. The predicted octanol–water partition coefficient (Wildman–Crippen LogP) is 3.51. The monoisotopic (exact) mass is 321 g/mol. The van der Waals surface area contributed by atoms with E-state index in [0.717, 1.165) is 28.3 Å². The Labute approximate surface area is 140 Å². The number of benzene rings is 2. The number of imidazole rings is 1. The number of carbonyl (C=O) groups is 1. The summed E-state index contributed by atoms with van der Waals surface area (Å²) in [6.45, 7) is 3.92. The van der Waals surface area contributed by atoms with Gasteiger partial charge in [-0.15, -0.1) is 0 Å². The molecule has 3 rings (SSSR count). The van der Waals surface area contributed by atoms with Crippen molar-refractivity contribution < 1.29 is 9.53 Å². The summed E-state index contributed by atoms with van der Waals surface area (Å²) in [5.74, 6) is 0.580. The van der Waals surface area contributed by atoms with Gasteiger partial charge < -0.3 is 14.6 Å². The molecule has 0 saturated heterocycles. The van der Waals surface area contributed by atoms with Crippen LogP contribution in [0.2, 0.25) is 0 Å². The number of nitrogens with one attached hydrogen (secondary N) is 1. The highest BCUT2D eigenvalue weighted by atomic mass is 16.5. The Kier molecular flexibility index (Phi) is 4.61. The predicted molar refractivity (Wildman–Crippen MR) is 93.6 cm³/mol. The molecule has 1 amide bonds. The van der Waals surface area contributed by atoms with Crippen LogP contribution in [0.3, 0.4) is 0 Å². The van der Waals surface area contributed by atoms with Crippen molar-refractivity contribution in [2.24, 2.45) is 0 Å². The minimum Gasteiger partial charge on any atom is -0.483 e. The molecule has 122 valence electrons. The summed E-state index contributed by atoms with van der Waals surface area (Å²) in [6.07, 6.45) is 5.32. The Bertz CT molecular complexity index is 804. The van der Waals surface area contributed by atoms with E-state index in [1.807, 2.05) is 67.1 Å². The average Bonchev–Trinajstić information content (AvgIpc) is 3.09. The number of para-hydroxylation sites is 1. The van der Waals surface area contributed by atoms with Gasteiger partial charge in [0.2, 0.25) is 0 Å². The van der Waals surface area contributed by atoms with Crippen LogP contribution >= 0.6 is 0 Å². The van der Waals surface area contributed by atoms with Crippen LogP contribution in [0.25, 0.3) is 5.69 Å². The van der Waals surface area contributed by atoms with Gasteiger partial charge in [-0.3, -0.25) is 4.79 Å². The van der Waals surface area contributed by atoms with Gasteiger partial charge in [0.25, 0.3) is 5.91 Å². The molecule has 2 aromatic carbocycles. The maximum Gasteiger partial charge on any atom is 0.262 e. The largest absolute Gasteiger partial charge is 0.483 e. The zero-order valence-electron chi connectivity index (χ0n) is 13.7. The van der Waals surface area contributed by atoms with Crippen molar-refractivity contribution in [3.8, 4) is 11.4 Å². The molecule has 0 saturated carbocycles. The molecule has 0 unspecified atom stereocenters. The molecule has 3 aromatic rings. The number of hydrogen-bond acceptors (Lipinski definition) is 3. The fraction of sp³-hybridized carbons (Fsp3) is 0.158. The van der Waals surface area contributed by atoms with Crippen LogP contribution in [0.1, 0.15) is 11.1 Å². The van der Waals surface area contributed by atoms with E-state index in [-0.39, 0.29) is 12.5 Å². The summed E-state index contributed by atoms with van der Waals surface area (Å²) in [7, 11) is 0. The first-order chi connectivity index (χ1) is 11.6. The molecule has 1 heterocycles. The lowest BCUT2D eigenvalue weighted by Gasteiger charge is -2.12. The third-order valence-electron chi connectivity index (χ3n) is 3.71. The normalized spacial score (nSPS) is 10.4. The number of nitrogens with zero attached hydrogens (tertiary/aromatic N) is 2. The van der Waals surface area contributed by atoms with E-state index < -0.39 is 0 Å². The number of carbonyl (C=O) groups excluding carboxylic acids is 1. The number of aryl methyl sites for hydroxylation is 2. The first-order valence-electron chi connectivity index (χ1n) is 7.71. The maximum atomic E-state index is 12.1. The van der Waals surface area contributed by atoms with Gasteiger partial charge in [-0.2, -0.15) is 0 Å². The number of ether oxygens (including phenoxy) is 1.